The molecule has 0 aromatic heterocycles. The van der Waals surface area contributed by atoms with Crippen molar-refractivity contribution in [2.24, 2.45) is 0 Å². The van der Waals surface area contributed by atoms with E-state index in [1.807, 2.05) is 23.5 Å². The van der Waals surface area contributed by atoms with Crippen molar-refractivity contribution in [3.05, 3.63) is 0 Å². The molecule has 1 rings (SSSR count). The van der Waals surface area contributed by atoms with E-state index >= 15 is 0 Å². The molecular weight excluding hydrogens is 304 g/mol. The molecule has 18 heavy (non-hydrogen) atoms. The van der Waals surface area contributed by atoms with Crippen molar-refractivity contribution in [3.63, 3.8) is 0 Å². The van der Waals surface area contributed by atoms with Crippen molar-refractivity contribution in [2.75, 3.05) is 43.7 Å². The molecule has 2 unspecified atom stereocenters. The number of hydrogen-bond acceptors (Lipinski definition) is 6. The van der Waals surface area contributed by atoms with Crippen LogP contribution < -0.4 is 0 Å². The molecule has 2 nitrogen and oxygen atoms in total. The molecule has 0 aromatic rings. The van der Waals surface area contributed by atoms with Gasteiger partial charge in [-0.25, -0.2) is 0 Å². The molecule has 0 aromatic carbocycles. The molecule has 0 spiro atoms. The smallest absolute Gasteiger partial charge is 0.0716 e. The van der Waals surface area contributed by atoms with Gasteiger partial charge in [0.1, 0.15) is 0 Å². The van der Waals surface area contributed by atoms with Crippen molar-refractivity contribution < 1.29 is 9.47 Å². The molecule has 1 aliphatic rings. The topological polar surface area (TPSA) is 18.5 Å². The highest BCUT2D eigenvalue weighted by Gasteiger charge is 2.34. The molecule has 0 aliphatic carbocycles. The maximum atomic E-state index is 5.79. The molecule has 108 valence electrons. The van der Waals surface area contributed by atoms with E-state index in [1.54, 1.807) is 0 Å². The number of thiol groups is 2. The minimum absolute atomic E-state index is 0.119. The molecule has 2 atom stereocenters. The van der Waals surface area contributed by atoms with Crippen LogP contribution in [0.4, 0.5) is 0 Å². The van der Waals surface area contributed by atoms with E-state index in [0.717, 1.165) is 19.0 Å². The van der Waals surface area contributed by atoms with Gasteiger partial charge < -0.3 is 9.47 Å². The lowest BCUT2D eigenvalue weighted by molar-refractivity contribution is 0.0642. The fourth-order valence-electron chi connectivity index (χ4n) is 1.66. The summed E-state index contributed by atoms with van der Waals surface area (Å²) >= 11 is 12.7. The van der Waals surface area contributed by atoms with Gasteiger partial charge in [-0.1, -0.05) is 13.8 Å². The molecule has 0 bridgehead atoms. The summed E-state index contributed by atoms with van der Waals surface area (Å²) in [7, 11) is 0. The van der Waals surface area contributed by atoms with Crippen LogP contribution in [-0.4, -0.2) is 58.9 Å². The van der Waals surface area contributed by atoms with Crippen LogP contribution in [-0.2, 0) is 9.47 Å². The van der Waals surface area contributed by atoms with E-state index < -0.39 is 0 Å². The Morgan fingerprint density at radius 1 is 1.06 bits per heavy atom. The van der Waals surface area contributed by atoms with Gasteiger partial charge in [0, 0.05) is 27.8 Å². The molecule has 1 heterocycles. The Labute approximate surface area is 131 Å². The summed E-state index contributed by atoms with van der Waals surface area (Å²) in [6.07, 6.45) is 0. The highest BCUT2D eigenvalue weighted by molar-refractivity contribution is 8.07. The fourth-order valence-corrected chi connectivity index (χ4v) is 4.70. The van der Waals surface area contributed by atoms with Gasteiger partial charge in [-0.05, 0) is 0 Å². The minimum Gasteiger partial charge on any atom is -0.379 e. The molecule has 1 aliphatic heterocycles. The second-order valence-electron chi connectivity index (χ2n) is 4.81. The van der Waals surface area contributed by atoms with Gasteiger partial charge in [-0.15, -0.1) is 11.8 Å². The summed E-state index contributed by atoms with van der Waals surface area (Å²) < 4.78 is 11.7. The molecule has 1 fully saturated rings. The zero-order valence-corrected chi connectivity index (χ0v) is 14.6. The Kier molecular flexibility index (Phi) is 8.97. The second-order valence-corrected chi connectivity index (χ2v) is 9.24. The molecule has 1 saturated heterocycles. The molecule has 0 amide bonds. The van der Waals surface area contributed by atoms with Crippen molar-refractivity contribution in [3.8, 4) is 0 Å². The predicted octanol–water partition coefficient (Wildman–Crippen LogP) is 2.88. The van der Waals surface area contributed by atoms with Gasteiger partial charge in [0.15, 0.2) is 0 Å². The summed E-state index contributed by atoms with van der Waals surface area (Å²) in [5.41, 5.74) is 0. The Morgan fingerprint density at radius 3 is 2.00 bits per heavy atom. The van der Waals surface area contributed by atoms with Crippen molar-refractivity contribution >= 4 is 48.8 Å². The van der Waals surface area contributed by atoms with Gasteiger partial charge >= 0.3 is 0 Å². The van der Waals surface area contributed by atoms with Crippen LogP contribution in [0.5, 0.6) is 0 Å². The van der Waals surface area contributed by atoms with Crippen LogP contribution in [0, 0.1) is 0 Å². The average molecular weight is 329 g/mol. The van der Waals surface area contributed by atoms with Gasteiger partial charge in [0.05, 0.1) is 31.2 Å². The first-order chi connectivity index (χ1) is 8.54. The third kappa shape index (κ3) is 7.20. The van der Waals surface area contributed by atoms with Crippen LogP contribution in [0.25, 0.3) is 0 Å². The Bertz CT molecular complexity index is 202. The zero-order chi connectivity index (χ0) is 13.4. The second kappa shape index (κ2) is 9.29. The molecule has 0 saturated carbocycles. The van der Waals surface area contributed by atoms with Gasteiger partial charge in [0.2, 0.25) is 0 Å². The maximum absolute atomic E-state index is 5.79. The van der Waals surface area contributed by atoms with Gasteiger partial charge in [-0.2, -0.15) is 37.0 Å². The van der Waals surface area contributed by atoms with Gasteiger partial charge in [0.25, 0.3) is 0 Å². The lowest BCUT2D eigenvalue weighted by Crippen LogP contribution is -2.42. The van der Waals surface area contributed by atoms with Gasteiger partial charge in [-0.3, -0.25) is 0 Å². The van der Waals surface area contributed by atoms with E-state index in [0.29, 0.717) is 23.7 Å². The first-order valence-electron chi connectivity index (χ1n) is 6.27. The van der Waals surface area contributed by atoms with Crippen molar-refractivity contribution in [1.82, 2.24) is 0 Å². The first kappa shape index (κ1) is 17.4. The third-order valence-electron chi connectivity index (χ3n) is 2.45. The molecule has 6 heteroatoms. The van der Waals surface area contributed by atoms with Crippen LogP contribution in [0.15, 0.2) is 0 Å². The van der Waals surface area contributed by atoms with E-state index in [1.165, 1.54) is 11.5 Å². The van der Waals surface area contributed by atoms with E-state index in [9.17, 15) is 0 Å². The molecular formula is C12H24O2S4. The Hall–Kier alpha value is 1.32. The van der Waals surface area contributed by atoms with E-state index in [-0.39, 0.29) is 4.75 Å². The first-order valence-corrected chi connectivity index (χ1v) is 9.45. The minimum atomic E-state index is 0.119. The predicted molar refractivity (Wildman–Crippen MR) is 91.0 cm³/mol. The quantitative estimate of drug-likeness (QED) is 0.667. The number of ether oxygens (including phenoxy) is 2. The standard InChI is InChI=1S/C12H24O2S4/c1-10(15)5-13-7-12(8-14-6-11(2)16)9-17-3-4-18-12/h10-11,15-16H,3-9H2,1-2H3. The van der Waals surface area contributed by atoms with Crippen LogP contribution in [0.3, 0.4) is 0 Å². The zero-order valence-electron chi connectivity index (χ0n) is 11.1. The summed E-state index contributed by atoms with van der Waals surface area (Å²) in [5, 5.41) is 0.586. The Morgan fingerprint density at radius 2 is 1.61 bits per heavy atom. The van der Waals surface area contributed by atoms with Crippen LogP contribution in [0.1, 0.15) is 13.8 Å². The molecule has 0 radical (unpaired) electrons. The maximum Gasteiger partial charge on any atom is 0.0716 e. The third-order valence-corrected chi connectivity index (χ3v) is 5.84. The Balaban J connectivity index is 2.36. The monoisotopic (exact) mass is 328 g/mol. The van der Waals surface area contributed by atoms with Crippen LogP contribution >= 0.6 is 48.8 Å². The number of hydrogen-bond donors (Lipinski definition) is 2. The normalized spacial score (nSPS) is 28.0. The van der Waals surface area contributed by atoms with E-state index in [2.05, 4.69) is 39.1 Å². The summed E-state index contributed by atoms with van der Waals surface area (Å²) in [4.78, 5) is 0. The molecule has 0 N–H and O–H groups in total. The fraction of sp³-hybridized carbons (Fsp3) is 1.00. The lowest BCUT2D eigenvalue weighted by atomic mass is 10.2. The summed E-state index contributed by atoms with van der Waals surface area (Å²) in [6, 6.07) is 0. The average Bonchev–Trinajstić information content (AvgIpc) is 2.29. The van der Waals surface area contributed by atoms with Crippen molar-refractivity contribution in [1.29, 1.82) is 0 Å². The van der Waals surface area contributed by atoms with Crippen molar-refractivity contribution in [2.45, 2.75) is 29.1 Å². The van der Waals surface area contributed by atoms with Crippen LogP contribution in [0.2, 0.25) is 0 Å². The van der Waals surface area contributed by atoms with E-state index in [4.69, 9.17) is 9.47 Å². The SMILES string of the molecule is CC(S)COCC1(COCC(C)S)CSCCS1. The number of rotatable bonds is 8. The highest BCUT2D eigenvalue weighted by atomic mass is 32.2. The summed E-state index contributed by atoms with van der Waals surface area (Å²) in [6.45, 7) is 7.04. The number of thioether (sulfide) groups is 2. The summed E-state index contributed by atoms with van der Waals surface area (Å²) in [5.74, 6) is 3.53. The largest absolute Gasteiger partial charge is 0.379 e. The lowest BCUT2D eigenvalue weighted by Gasteiger charge is -2.36. The highest BCUT2D eigenvalue weighted by Crippen LogP contribution is 2.35.